The summed E-state index contributed by atoms with van der Waals surface area (Å²) in [6.07, 6.45) is 1.37. The quantitative estimate of drug-likeness (QED) is 0.848. The van der Waals surface area contributed by atoms with Crippen LogP contribution in [0.3, 0.4) is 0 Å². The molecule has 0 bridgehead atoms. The van der Waals surface area contributed by atoms with E-state index in [-0.39, 0.29) is 12.1 Å². The van der Waals surface area contributed by atoms with Crippen LogP contribution < -0.4 is 5.73 Å². The number of rotatable bonds is 4. The topological polar surface area (TPSA) is 111 Å². The first kappa shape index (κ1) is 13.7. The van der Waals surface area contributed by atoms with Crippen molar-refractivity contribution in [2.75, 3.05) is 0 Å². The van der Waals surface area contributed by atoms with Crippen LogP contribution in [0.1, 0.15) is 27.4 Å². The van der Waals surface area contributed by atoms with Crippen LogP contribution in [0.4, 0.5) is 0 Å². The van der Waals surface area contributed by atoms with Gasteiger partial charge in [0.1, 0.15) is 5.69 Å². The Balaban J connectivity index is 2.51. The standard InChI is InChI=1S/C13H14N4O3/c1-7-10(6-12(18)19)8(2)17(16-7)9-3-4-15-11(5-9)13(14)20/h3-5H,6H2,1-2H3,(H2,14,20)(H,18,19). The monoisotopic (exact) mass is 274 g/mol. The van der Waals surface area contributed by atoms with Gasteiger partial charge in [-0.25, -0.2) is 4.68 Å². The molecular weight excluding hydrogens is 260 g/mol. The second kappa shape index (κ2) is 5.12. The molecule has 0 fully saturated rings. The van der Waals surface area contributed by atoms with Gasteiger partial charge < -0.3 is 10.8 Å². The van der Waals surface area contributed by atoms with E-state index < -0.39 is 11.9 Å². The second-order valence-corrected chi connectivity index (χ2v) is 4.40. The molecule has 0 aliphatic rings. The normalized spacial score (nSPS) is 10.5. The number of primary amides is 1. The number of aryl methyl sites for hydroxylation is 1. The molecule has 20 heavy (non-hydrogen) atoms. The Kier molecular flexibility index (Phi) is 3.51. The Hall–Kier alpha value is -2.70. The number of nitrogens with zero attached hydrogens (tertiary/aromatic N) is 3. The number of hydrogen-bond acceptors (Lipinski definition) is 4. The first-order valence-corrected chi connectivity index (χ1v) is 5.93. The Morgan fingerprint density at radius 3 is 2.70 bits per heavy atom. The minimum Gasteiger partial charge on any atom is -0.481 e. The molecule has 0 saturated heterocycles. The molecular formula is C13H14N4O3. The van der Waals surface area contributed by atoms with E-state index in [2.05, 4.69) is 10.1 Å². The van der Waals surface area contributed by atoms with Crippen molar-refractivity contribution in [2.24, 2.45) is 5.73 Å². The van der Waals surface area contributed by atoms with Crippen LogP contribution in [0.2, 0.25) is 0 Å². The minimum absolute atomic E-state index is 0.0918. The van der Waals surface area contributed by atoms with Crippen LogP contribution in [-0.2, 0) is 11.2 Å². The molecule has 2 heterocycles. The van der Waals surface area contributed by atoms with E-state index >= 15 is 0 Å². The third-order valence-electron chi connectivity index (χ3n) is 3.01. The number of carboxylic acids is 1. The van der Waals surface area contributed by atoms with E-state index in [1.165, 1.54) is 12.3 Å². The molecule has 7 heteroatoms. The summed E-state index contributed by atoms with van der Waals surface area (Å²) in [6.45, 7) is 3.53. The number of carboxylic acid groups (broad SMARTS) is 1. The zero-order valence-electron chi connectivity index (χ0n) is 11.1. The number of carbonyl (C=O) groups excluding carboxylic acids is 1. The average Bonchev–Trinajstić information content (AvgIpc) is 2.66. The van der Waals surface area contributed by atoms with Crippen molar-refractivity contribution in [1.82, 2.24) is 14.8 Å². The van der Waals surface area contributed by atoms with Crippen molar-refractivity contribution in [3.63, 3.8) is 0 Å². The van der Waals surface area contributed by atoms with Gasteiger partial charge in [0.25, 0.3) is 5.91 Å². The fourth-order valence-electron chi connectivity index (χ4n) is 2.02. The highest BCUT2D eigenvalue weighted by molar-refractivity contribution is 5.91. The number of nitrogens with two attached hydrogens (primary N) is 1. The van der Waals surface area contributed by atoms with E-state index in [0.717, 1.165) is 0 Å². The van der Waals surface area contributed by atoms with Gasteiger partial charge in [-0.1, -0.05) is 0 Å². The van der Waals surface area contributed by atoms with Gasteiger partial charge in [-0.05, 0) is 26.0 Å². The van der Waals surface area contributed by atoms with Crippen LogP contribution >= 0.6 is 0 Å². The Bertz CT molecular complexity index is 691. The molecule has 104 valence electrons. The molecule has 0 aliphatic carbocycles. The summed E-state index contributed by atoms with van der Waals surface area (Å²) < 4.78 is 1.59. The Labute approximate surface area is 115 Å². The van der Waals surface area contributed by atoms with Crippen molar-refractivity contribution in [3.05, 3.63) is 41.0 Å². The summed E-state index contributed by atoms with van der Waals surface area (Å²) in [5.41, 5.74) is 7.96. The highest BCUT2D eigenvalue weighted by Gasteiger charge is 2.16. The number of aliphatic carboxylic acids is 1. The highest BCUT2D eigenvalue weighted by Crippen LogP contribution is 2.18. The van der Waals surface area contributed by atoms with E-state index in [1.807, 2.05) is 0 Å². The van der Waals surface area contributed by atoms with Crippen molar-refractivity contribution in [3.8, 4) is 5.69 Å². The number of carbonyl (C=O) groups is 2. The van der Waals surface area contributed by atoms with Gasteiger partial charge in [-0.15, -0.1) is 0 Å². The summed E-state index contributed by atoms with van der Waals surface area (Å²) >= 11 is 0. The molecule has 7 nitrogen and oxygen atoms in total. The van der Waals surface area contributed by atoms with Crippen LogP contribution in [0.15, 0.2) is 18.3 Å². The summed E-state index contributed by atoms with van der Waals surface area (Å²) in [5, 5.41) is 13.2. The summed E-state index contributed by atoms with van der Waals surface area (Å²) in [7, 11) is 0. The molecule has 2 aromatic heterocycles. The van der Waals surface area contributed by atoms with E-state index in [1.54, 1.807) is 24.6 Å². The first-order chi connectivity index (χ1) is 9.40. The molecule has 0 saturated carbocycles. The van der Waals surface area contributed by atoms with Crippen molar-refractivity contribution < 1.29 is 14.7 Å². The summed E-state index contributed by atoms with van der Waals surface area (Å²) in [6, 6.07) is 3.20. The first-order valence-electron chi connectivity index (χ1n) is 5.93. The largest absolute Gasteiger partial charge is 0.481 e. The second-order valence-electron chi connectivity index (χ2n) is 4.40. The highest BCUT2D eigenvalue weighted by atomic mass is 16.4. The van der Waals surface area contributed by atoms with Crippen LogP contribution in [-0.4, -0.2) is 31.7 Å². The maximum atomic E-state index is 11.1. The average molecular weight is 274 g/mol. The zero-order valence-corrected chi connectivity index (χ0v) is 11.1. The summed E-state index contributed by atoms with van der Waals surface area (Å²) in [5.74, 6) is -1.54. The Morgan fingerprint density at radius 1 is 1.40 bits per heavy atom. The number of aromatic nitrogens is 3. The van der Waals surface area contributed by atoms with Crippen LogP contribution in [0, 0.1) is 13.8 Å². The van der Waals surface area contributed by atoms with Gasteiger partial charge in [0.2, 0.25) is 0 Å². The Morgan fingerprint density at radius 2 is 2.10 bits per heavy atom. The lowest BCUT2D eigenvalue weighted by atomic mass is 10.1. The van der Waals surface area contributed by atoms with E-state index in [4.69, 9.17) is 10.8 Å². The molecule has 3 N–H and O–H groups in total. The maximum Gasteiger partial charge on any atom is 0.307 e. The lowest BCUT2D eigenvalue weighted by molar-refractivity contribution is -0.136. The van der Waals surface area contributed by atoms with E-state index in [0.29, 0.717) is 22.6 Å². The van der Waals surface area contributed by atoms with Crippen LogP contribution in [0.5, 0.6) is 0 Å². The molecule has 2 rings (SSSR count). The zero-order chi connectivity index (χ0) is 14.9. The molecule has 0 spiro atoms. The summed E-state index contributed by atoms with van der Waals surface area (Å²) in [4.78, 5) is 25.9. The van der Waals surface area contributed by atoms with Gasteiger partial charge in [0.15, 0.2) is 0 Å². The molecule has 2 aromatic rings. The SMILES string of the molecule is Cc1nn(-c2ccnc(C(N)=O)c2)c(C)c1CC(=O)O. The minimum atomic E-state index is -0.914. The molecule has 0 unspecified atom stereocenters. The molecule has 0 atom stereocenters. The molecule has 0 aromatic carbocycles. The van der Waals surface area contributed by atoms with E-state index in [9.17, 15) is 9.59 Å². The molecule has 0 radical (unpaired) electrons. The predicted molar refractivity (Wildman–Crippen MR) is 70.7 cm³/mol. The number of hydrogen-bond donors (Lipinski definition) is 2. The van der Waals surface area contributed by atoms with Crippen LogP contribution in [0.25, 0.3) is 5.69 Å². The van der Waals surface area contributed by atoms with Gasteiger partial charge in [0.05, 0.1) is 17.8 Å². The van der Waals surface area contributed by atoms with Gasteiger partial charge in [0, 0.05) is 17.5 Å². The van der Waals surface area contributed by atoms with Gasteiger partial charge in [-0.3, -0.25) is 14.6 Å². The number of amides is 1. The predicted octanol–water partition coefficient (Wildman–Crippen LogP) is 0.610. The van der Waals surface area contributed by atoms with Crippen molar-refractivity contribution in [2.45, 2.75) is 20.3 Å². The third-order valence-corrected chi connectivity index (χ3v) is 3.01. The third kappa shape index (κ3) is 2.51. The fraction of sp³-hybridized carbons (Fsp3) is 0.231. The lowest BCUT2D eigenvalue weighted by Crippen LogP contribution is -2.13. The smallest absolute Gasteiger partial charge is 0.307 e. The molecule has 0 aliphatic heterocycles. The number of pyridine rings is 1. The fourth-order valence-corrected chi connectivity index (χ4v) is 2.02. The van der Waals surface area contributed by atoms with Gasteiger partial charge in [-0.2, -0.15) is 5.10 Å². The maximum absolute atomic E-state index is 11.1. The lowest BCUT2D eigenvalue weighted by Gasteiger charge is -2.05. The molecule has 1 amide bonds. The van der Waals surface area contributed by atoms with Gasteiger partial charge >= 0.3 is 5.97 Å². The van der Waals surface area contributed by atoms with Crippen molar-refractivity contribution in [1.29, 1.82) is 0 Å². The van der Waals surface area contributed by atoms with Crippen molar-refractivity contribution >= 4 is 11.9 Å².